The van der Waals surface area contributed by atoms with E-state index in [2.05, 4.69) is 34.6 Å². The van der Waals surface area contributed by atoms with Crippen LogP contribution in [-0.2, 0) is 0 Å². The van der Waals surface area contributed by atoms with Gasteiger partial charge in [0.15, 0.2) is 0 Å². The first kappa shape index (κ1) is 13.0. The molecule has 0 aromatic heterocycles. The lowest BCUT2D eigenvalue weighted by Crippen LogP contribution is -2.14. The quantitative estimate of drug-likeness (QED) is 0.528. The van der Waals surface area contributed by atoms with Crippen LogP contribution in [0.15, 0.2) is 0 Å². The zero-order valence-electron chi connectivity index (χ0n) is 10.3. The topological polar surface area (TPSA) is 0 Å². The van der Waals surface area contributed by atoms with E-state index in [1.807, 2.05) is 0 Å². The molecule has 0 saturated heterocycles. The van der Waals surface area contributed by atoms with Crippen LogP contribution in [0, 0.1) is 17.8 Å². The molecule has 80 valence electrons. The molecule has 13 heavy (non-hydrogen) atoms. The first-order valence-electron chi connectivity index (χ1n) is 6.15. The van der Waals surface area contributed by atoms with Gasteiger partial charge in [0.1, 0.15) is 0 Å². The van der Waals surface area contributed by atoms with Crippen molar-refractivity contribution < 1.29 is 0 Å². The summed E-state index contributed by atoms with van der Waals surface area (Å²) in [4.78, 5) is 0. The van der Waals surface area contributed by atoms with Gasteiger partial charge in [-0.25, -0.2) is 0 Å². The van der Waals surface area contributed by atoms with E-state index in [0.29, 0.717) is 0 Å². The molecule has 0 spiro atoms. The highest BCUT2D eigenvalue weighted by molar-refractivity contribution is 4.67. The molecular formula is C13H28. The van der Waals surface area contributed by atoms with Crippen LogP contribution < -0.4 is 0 Å². The third-order valence-electron chi connectivity index (χ3n) is 3.48. The van der Waals surface area contributed by atoms with E-state index in [-0.39, 0.29) is 0 Å². The summed E-state index contributed by atoms with van der Waals surface area (Å²) >= 11 is 0. The summed E-state index contributed by atoms with van der Waals surface area (Å²) in [6.07, 6.45) is 6.90. The highest BCUT2D eigenvalue weighted by atomic mass is 14.2. The average Bonchev–Trinajstić information content (AvgIpc) is 2.14. The van der Waals surface area contributed by atoms with Crippen molar-refractivity contribution >= 4 is 0 Å². The molecule has 0 radical (unpaired) electrons. The van der Waals surface area contributed by atoms with Crippen molar-refractivity contribution in [3.8, 4) is 0 Å². The minimum atomic E-state index is 0.921. The van der Waals surface area contributed by atoms with Gasteiger partial charge in [0.2, 0.25) is 0 Å². The summed E-state index contributed by atoms with van der Waals surface area (Å²) in [7, 11) is 0. The van der Waals surface area contributed by atoms with Gasteiger partial charge >= 0.3 is 0 Å². The van der Waals surface area contributed by atoms with E-state index < -0.39 is 0 Å². The summed E-state index contributed by atoms with van der Waals surface area (Å²) in [6, 6.07) is 0. The lowest BCUT2D eigenvalue weighted by molar-refractivity contribution is 0.265. The summed E-state index contributed by atoms with van der Waals surface area (Å²) in [6.45, 7) is 11.8. The summed E-state index contributed by atoms with van der Waals surface area (Å²) in [5.74, 6) is 2.82. The highest BCUT2D eigenvalue weighted by Gasteiger charge is 2.16. The normalized spacial score (nSPS) is 18.2. The van der Waals surface area contributed by atoms with Crippen molar-refractivity contribution in [1.82, 2.24) is 0 Å². The Hall–Kier alpha value is 0. The minimum Gasteiger partial charge on any atom is -0.0654 e. The van der Waals surface area contributed by atoms with E-state index in [4.69, 9.17) is 0 Å². The molecule has 0 aliphatic carbocycles. The first-order chi connectivity index (χ1) is 6.15. The molecule has 0 fully saturated rings. The fraction of sp³-hybridized carbons (Fsp3) is 1.00. The molecule has 0 aromatic carbocycles. The van der Waals surface area contributed by atoms with Crippen molar-refractivity contribution in [3.63, 3.8) is 0 Å². The SMILES string of the molecule is CCCC(C)C(CC)CC(C)CC. The largest absolute Gasteiger partial charge is 0.0654 e. The second-order valence-corrected chi connectivity index (χ2v) is 4.68. The van der Waals surface area contributed by atoms with E-state index >= 15 is 0 Å². The van der Waals surface area contributed by atoms with Gasteiger partial charge in [0, 0.05) is 0 Å². The molecular weight excluding hydrogens is 156 g/mol. The zero-order chi connectivity index (χ0) is 10.3. The van der Waals surface area contributed by atoms with Gasteiger partial charge in [-0.1, -0.05) is 60.3 Å². The second kappa shape index (κ2) is 7.41. The fourth-order valence-corrected chi connectivity index (χ4v) is 2.18. The minimum absolute atomic E-state index is 0.921. The van der Waals surface area contributed by atoms with Crippen molar-refractivity contribution in [1.29, 1.82) is 0 Å². The van der Waals surface area contributed by atoms with Crippen molar-refractivity contribution in [2.75, 3.05) is 0 Å². The zero-order valence-corrected chi connectivity index (χ0v) is 10.3. The Bertz CT molecular complexity index is 107. The lowest BCUT2D eigenvalue weighted by atomic mass is 9.81. The molecule has 0 rings (SSSR count). The maximum atomic E-state index is 2.43. The highest BCUT2D eigenvalue weighted by Crippen LogP contribution is 2.27. The molecule has 0 aliphatic heterocycles. The Morgan fingerprint density at radius 3 is 1.92 bits per heavy atom. The fourth-order valence-electron chi connectivity index (χ4n) is 2.18. The standard InChI is InChI=1S/C13H28/c1-6-9-12(5)13(8-3)10-11(4)7-2/h11-13H,6-10H2,1-5H3. The maximum Gasteiger partial charge on any atom is -0.0389 e. The van der Waals surface area contributed by atoms with E-state index in [9.17, 15) is 0 Å². The van der Waals surface area contributed by atoms with Gasteiger partial charge in [0.05, 0.1) is 0 Å². The third kappa shape index (κ3) is 5.33. The van der Waals surface area contributed by atoms with E-state index in [1.165, 1.54) is 32.1 Å². The van der Waals surface area contributed by atoms with Gasteiger partial charge < -0.3 is 0 Å². The van der Waals surface area contributed by atoms with Crippen LogP contribution in [-0.4, -0.2) is 0 Å². The van der Waals surface area contributed by atoms with E-state index in [0.717, 1.165) is 17.8 Å². The average molecular weight is 184 g/mol. The Labute approximate surface area is 85.1 Å². The van der Waals surface area contributed by atoms with Crippen LogP contribution >= 0.6 is 0 Å². The molecule has 0 aliphatic rings. The van der Waals surface area contributed by atoms with Gasteiger partial charge in [0.25, 0.3) is 0 Å². The monoisotopic (exact) mass is 184 g/mol. The van der Waals surface area contributed by atoms with Gasteiger partial charge in [-0.2, -0.15) is 0 Å². The molecule has 0 N–H and O–H groups in total. The molecule has 0 heteroatoms. The Kier molecular flexibility index (Phi) is 7.41. The van der Waals surface area contributed by atoms with Gasteiger partial charge in [-0.3, -0.25) is 0 Å². The Morgan fingerprint density at radius 1 is 0.923 bits per heavy atom. The van der Waals surface area contributed by atoms with Crippen LogP contribution in [0.25, 0.3) is 0 Å². The molecule has 3 atom stereocenters. The molecule has 0 nitrogen and oxygen atoms in total. The van der Waals surface area contributed by atoms with Gasteiger partial charge in [-0.15, -0.1) is 0 Å². The van der Waals surface area contributed by atoms with Crippen LogP contribution in [0.4, 0.5) is 0 Å². The molecule has 0 aromatic rings. The second-order valence-electron chi connectivity index (χ2n) is 4.68. The predicted molar refractivity (Wildman–Crippen MR) is 61.9 cm³/mol. The van der Waals surface area contributed by atoms with Crippen LogP contribution in [0.3, 0.4) is 0 Å². The number of hydrogen-bond donors (Lipinski definition) is 0. The molecule has 3 unspecified atom stereocenters. The molecule has 0 heterocycles. The Morgan fingerprint density at radius 2 is 1.54 bits per heavy atom. The van der Waals surface area contributed by atoms with Gasteiger partial charge in [-0.05, 0) is 24.2 Å². The molecule has 0 saturated carbocycles. The first-order valence-corrected chi connectivity index (χ1v) is 6.15. The molecule has 0 amide bonds. The maximum absolute atomic E-state index is 2.43. The van der Waals surface area contributed by atoms with Crippen molar-refractivity contribution in [2.45, 2.75) is 66.7 Å². The Balaban J connectivity index is 3.86. The number of rotatable bonds is 7. The van der Waals surface area contributed by atoms with Crippen LogP contribution in [0.1, 0.15) is 66.7 Å². The van der Waals surface area contributed by atoms with E-state index in [1.54, 1.807) is 0 Å². The summed E-state index contributed by atoms with van der Waals surface area (Å²) < 4.78 is 0. The van der Waals surface area contributed by atoms with Crippen LogP contribution in [0.2, 0.25) is 0 Å². The van der Waals surface area contributed by atoms with Crippen LogP contribution in [0.5, 0.6) is 0 Å². The van der Waals surface area contributed by atoms with Crippen molar-refractivity contribution in [2.24, 2.45) is 17.8 Å². The number of hydrogen-bond acceptors (Lipinski definition) is 0. The smallest absolute Gasteiger partial charge is 0.0389 e. The predicted octanol–water partition coefficient (Wildman–Crippen LogP) is 4.89. The molecule has 0 bridgehead atoms. The summed E-state index contributed by atoms with van der Waals surface area (Å²) in [5, 5.41) is 0. The summed E-state index contributed by atoms with van der Waals surface area (Å²) in [5.41, 5.74) is 0. The third-order valence-corrected chi connectivity index (χ3v) is 3.48. The lowest BCUT2D eigenvalue weighted by Gasteiger charge is -2.25. The van der Waals surface area contributed by atoms with Crippen molar-refractivity contribution in [3.05, 3.63) is 0 Å².